The first kappa shape index (κ1) is 15.8. The van der Waals surface area contributed by atoms with Gasteiger partial charge in [0.25, 0.3) is 0 Å². The molecule has 0 aliphatic rings. The third-order valence-electron chi connectivity index (χ3n) is 3.09. The summed E-state index contributed by atoms with van der Waals surface area (Å²) in [6.45, 7) is 0. The molecule has 0 atom stereocenters. The van der Waals surface area contributed by atoms with Crippen LogP contribution in [0.4, 0.5) is 0 Å². The van der Waals surface area contributed by atoms with Crippen LogP contribution >= 0.6 is 11.8 Å². The van der Waals surface area contributed by atoms with Crippen molar-refractivity contribution >= 4 is 28.4 Å². The Morgan fingerprint density at radius 1 is 1.19 bits per heavy atom. The molecule has 112 valence electrons. The van der Waals surface area contributed by atoms with E-state index in [0.29, 0.717) is 10.6 Å². The number of pyridine rings is 1. The minimum absolute atomic E-state index is 0.241. The summed E-state index contributed by atoms with van der Waals surface area (Å²) in [5, 5.41) is 1.50. The maximum atomic E-state index is 12.4. The summed E-state index contributed by atoms with van der Waals surface area (Å²) in [5.74, 6) is 0.488. The van der Waals surface area contributed by atoms with Crippen LogP contribution in [0.2, 0.25) is 0 Å². The third kappa shape index (κ3) is 3.18. The van der Waals surface area contributed by atoms with E-state index >= 15 is 0 Å². The molecule has 1 heterocycles. The molecule has 6 heteroatoms. The SMILES string of the molecule is COc1ccc2cc(C(=O)C(OC)OC)c(SC)nc2c1. The standard InChI is InChI=1S/C15H17NO4S/c1-18-10-6-5-9-7-11(13(17)15(19-2)20-3)14(21-4)16-12(9)8-10/h5-8,15H,1-4H3. The highest BCUT2D eigenvalue weighted by Crippen LogP contribution is 2.27. The summed E-state index contributed by atoms with van der Waals surface area (Å²) in [6, 6.07) is 7.35. The number of ketones is 1. The van der Waals surface area contributed by atoms with Crippen LogP contribution in [-0.4, -0.2) is 44.6 Å². The Balaban J connectivity index is 2.55. The van der Waals surface area contributed by atoms with Crippen LogP contribution in [0.15, 0.2) is 29.3 Å². The van der Waals surface area contributed by atoms with Gasteiger partial charge in [0, 0.05) is 25.7 Å². The van der Waals surface area contributed by atoms with Crippen LogP contribution in [-0.2, 0) is 9.47 Å². The van der Waals surface area contributed by atoms with E-state index in [2.05, 4.69) is 4.98 Å². The van der Waals surface area contributed by atoms with Crippen LogP contribution in [0, 0.1) is 0 Å². The number of hydrogen-bond acceptors (Lipinski definition) is 6. The number of fused-ring (bicyclic) bond motifs is 1. The third-order valence-corrected chi connectivity index (χ3v) is 3.79. The van der Waals surface area contributed by atoms with Gasteiger partial charge in [-0.15, -0.1) is 11.8 Å². The zero-order valence-electron chi connectivity index (χ0n) is 12.4. The molecule has 0 spiro atoms. The van der Waals surface area contributed by atoms with Gasteiger partial charge in [0.1, 0.15) is 10.8 Å². The molecule has 0 radical (unpaired) electrons. The first-order valence-corrected chi connectivity index (χ1v) is 7.49. The van der Waals surface area contributed by atoms with Crippen molar-refractivity contribution in [3.8, 4) is 5.75 Å². The van der Waals surface area contributed by atoms with Gasteiger partial charge in [-0.2, -0.15) is 0 Å². The highest BCUT2D eigenvalue weighted by molar-refractivity contribution is 7.98. The highest BCUT2D eigenvalue weighted by Gasteiger charge is 2.23. The van der Waals surface area contributed by atoms with Gasteiger partial charge in [-0.1, -0.05) is 0 Å². The molecule has 0 saturated heterocycles. The number of nitrogens with zero attached hydrogens (tertiary/aromatic N) is 1. The second-order valence-electron chi connectivity index (χ2n) is 4.27. The van der Waals surface area contributed by atoms with Gasteiger partial charge in [0.15, 0.2) is 0 Å². The van der Waals surface area contributed by atoms with Crippen LogP contribution in [0.3, 0.4) is 0 Å². The molecule has 0 amide bonds. The number of hydrogen-bond donors (Lipinski definition) is 0. The Labute approximate surface area is 127 Å². The fraction of sp³-hybridized carbons (Fsp3) is 0.333. The van der Waals surface area contributed by atoms with Crippen LogP contribution < -0.4 is 4.74 Å². The molecular weight excluding hydrogens is 290 g/mol. The van der Waals surface area contributed by atoms with E-state index in [1.807, 2.05) is 24.5 Å². The van der Waals surface area contributed by atoms with Crippen molar-refractivity contribution in [3.05, 3.63) is 29.8 Å². The van der Waals surface area contributed by atoms with E-state index in [1.54, 1.807) is 13.2 Å². The van der Waals surface area contributed by atoms with Crippen molar-refractivity contribution < 1.29 is 19.0 Å². The number of carbonyl (C=O) groups excluding carboxylic acids is 1. The predicted molar refractivity (Wildman–Crippen MR) is 82.2 cm³/mol. The van der Waals surface area contributed by atoms with Crippen molar-refractivity contribution in [2.75, 3.05) is 27.6 Å². The van der Waals surface area contributed by atoms with Crippen LogP contribution in [0.25, 0.3) is 10.9 Å². The minimum Gasteiger partial charge on any atom is -0.497 e. The number of methoxy groups -OCH3 is 3. The largest absolute Gasteiger partial charge is 0.497 e. The molecule has 0 N–H and O–H groups in total. The Morgan fingerprint density at radius 3 is 2.48 bits per heavy atom. The predicted octanol–water partition coefficient (Wildman–Crippen LogP) is 2.77. The van der Waals surface area contributed by atoms with E-state index in [9.17, 15) is 4.79 Å². The Morgan fingerprint density at radius 2 is 1.90 bits per heavy atom. The van der Waals surface area contributed by atoms with E-state index < -0.39 is 6.29 Å². The van der Waals surface area contributed by atoms with Crippen molar-refractivity contribution in [3.63, 3.8) is 0 Å². The molecule has 1 aromatic carbocycles. The van der Waals surface area contributed by atoms with Gasteiger partial charge in [-0.05, 0) is 24.5 Å². The smallest absolute Gasteiger partial charge is 0.222 e. The molecule has 0 saturated carbocycles. The molecule has 0 unspecified atom stereocenters. The van der Waals surface area contributed by atoms with Crippen LogP contribution in [0.1, 0.15) is 10.4 Å². The first-order valence-electron chi connectivity index (χ1n) is 6.27. The van der Waals surface area contributed by atoms with E-state index in [0.717, 1.165) is 16.7 Å². The fourth-order valence-corrected chi connectivity index (χ4v) is 2.59. The molecule has 21 heavy (non-hydrogen) atoms. The zero-order chi connectivity index (χ0) is 15.4. The molecule has 0 fully saturated rings. The minimum atomic E-state index is -0.923. The fourth-order valence-electron chi connectivity index (χ4n) is 2.03. The summed E-state index contributed by atoms with van der Waals surface area (Å²) < 4.78 is 15.3. The number of carbonyl (C=O) groups is 1. The molecule has 2 aromatic rings. The molecular formula is C15H17NO4S. The summed E-state index contributed by atoms with van der Waals surface area (Å²) in [7, 11) is 4.48. The Hall–Kier alpha value is -1.63. The number of aromatic nitrogens is 1. The summed E-state index contributed by atoms with van der Waals surface area (Å²) >= 11 is 1.41. The Kier molecular flexibility index (Phi) is 5.17. The number of ether oxygens (including phenoxy) is 3. The number of benzene rings is 1. The lowest BCUT2D eigenvalue weighted by Crippen LogP contribution is -2.25. The summed E-state index contributed by atoms with van der Waals surface area (Å²) in [4.78, 5) is 17.0. The van der Waals surface area contributed by atoms with Gasteiger partial charge < -0.3 is 14.2 Å². The average Bonchev–Trinajstić information content (AvgIpc) is 2.53. The number of rotatable bonds is 6. The monoisotopic (exact) mass is 307 g/mol. The van der Waals surface area contributed by atoms with E-state index in [-0.39, 0.29) is 5.78 Å². The lowest BCUT2D eigenvalue weighted by atomic mass is 10.1. The molecule has 5 nitrogen and oxygen atoms in total. The zero-order valence-corrected chi connectivity index (χ0v) is 13.2. The Bertz CT molecular complexity index is 655. The lowest BCUT2D eigenvalue weighted by molar-refractivity contribution is -0.0743. The lowest BCUT2D eigenvalue weighted by Gasteiger charge is -2.14. The highest BCUT2D eigenvalue weighted by atomic mass is 32.2. The normalized spacial score (nSPS) is 11.1. The summed E-state index contributed by atoms with van der Waals surface area (Å²) in [5.41, 5.74) is 1.27. The molecule has 2 rings (SSSR count). The van der Waals surface area contributed by atoms with Crippen LogP contribution in [0.5, 0.6) is 5.75 Å². The second-order valence-corrected chi connectivity index (χ2v) is 5.07. The first-order chi connectivity index (χ1) is 10.1. The van der Waals surface area contributed by atoms with Crippen molar-refractivity contribution in [2.45, 2.75) is 11.3 Å². The second kappa shape index (κ2) is 6.89. The topological polar surface area (TPSA) is 57.7 Å². The van der Waals surface area contributed by atoms with Gasteiger partial charge in [0.05, 0.1) is 18.2 Å². The van der Waals surface area contributed by atoms with Crippen molar-refractivity contribution in [1.82, 2.24) is 4.98 Å². The van der Waals surface area contributed by atoms with Gasteiger partial charge in [0.2, 0.25) is 12.1 Å². The van der Waals surface area contributed by atoms with Gasteiger partial charge >= 0.3 is 0 Å². The average molecular weight is 307 g/mol. The maximum absolute atomic E-state index is 12.4. The van der Waals surface area contributed by atoms with Gasteiger partial charge in [-0.25, -0.2) is 4.98 Å². The van der Waals surface area contributed by atoms with Gasteiger partial charge in [-0.3, -0.25) is 4.79 Å². The number of Topliss-reactive ketones (excluding diaryl/α,β-unsaturated/α-hetero) is 1. The molecule has 0 aliphatic heterocycles. The summed E-state index contributed by atoms with van der Waals surface area (Å²) in [6.07, 6.45) is 0.952. The molecule has 1 aromatic heterocycles. The number of thioether (sulfide) groups is 1. The molecule has 0 aliphatic carbocycles. The van der Waals surface area contributed by atoms with Crippen molar-refractivity contribution in [2.24, 2.45) is 0 Å². The van der Waals surface area contributed by atoms with E-state index in [4.69, 9.17) is 14.2 Å². The maximum Gasteiger partial charge on any atom is 0.222 e. The molecule has 0 bridgehead atoms. The van der Waals surface area contributed by atoms with E-state index in [1.165, 1.54) is 26.0 Å². The van der Waals surface area contributed by atoms with Crippen molar-refractivity contribution in [1.29, 1.82) is 0 Å². The quantitative estimate of drug-likeness (QED) is 0.465.